The number of ether oxygens (including phenoxy) is 1. The predicted molar refractivity (Wildman–Crippen MR) is 67.2 cm³/mol. The number of hydrogen-bond donors (Lipinski definition) is 1. The van der Waals surface area contributed by atoms with E-state index >= 15 is 0 Å². The topological polar surface area (TPSA) is 51.2 Å². The lowest BCUT2D eigenvalue weighted by Gasteiger charge is -2.06. The van der Waals surface area contributed by atoms with Crippen molar-refractivity contribution < 1.29 is 9.53 Å². The maximum atomic E-state index is 10.9. The minimum absolute atomic E-state index is 0.127. The first-order chi connectivity index (χ1) is 8.19. The van der Waals surface area contributed by atoms with Crippen molar-refractivity contribution in [3.05, 3.63) is 30.3 Å². The van der Waals surface area contributed by atoms with E-state index in [2.05, 4.69) is 10.3 Å². The number of nitrogens with zero attached hydrogens (tertiary/aromatic N) is 1. The summed E-state index contributed by atoms with van der Waals surface area (Å²) in [5.41, 5.74) is 0.808. The van der Waals surface area contributed by atoms with E-state index < -0.39 is 0 Å². The molecule has 0 aliphatic rings. The zero-order valence-corrected chi connectivity index (χ0v) is 9.86. The fraction of sp³-hybridized carbons (Fsp3) is 0.231. The Morgan fingerprint density at radius 1 is 1.35 bits per heavy atom. The zero-order chi connectivity index (χ0) is 12.3. The number of benzene rings is 1. The fourth-order valence-corrected chi connectivity index (χ4v) is 1.60. The lowest BCUT2D eigenvalue weighted by atomic mass is 10.2. The second kappa shape index (κ2) is 4.82. The monoisotopic (exact) mass is 230 g/mol. The third-order valence-electron chi connectivity index (χ3n) is 2.28. The lowest BCUT2D eigenvalue weighted by molar-refractivity contribution is -0.114. The van der Waals surface area contributed by atoms with Gasteiger partial charge in [-0.15, -0.1) is 0 Å². The van der Waals surface area contributed by atoms with E-state index in [0.717, 1.165) is 16.7 Å². The Balaban J connectivity index is 2.39. The molecular formula is C13H14N2O2. The van der Waals surface area contributed by atoms with E-state index in [4.69, 9.17) is 4.74 Å². The molecule has 0 aliphatic carbocycles. The minimum Gasteiger partial charge on any atom is -0.494 e. The van der Waals surface area contributed by atoms with Crippen LogP contribution in [0.25, 0.3) is 10.9 Å². The van der Waals surface area contributed by atoms with Gasteiger partial charge < -0.3 is 10.1 Å². The molecule has 4 heteroatoms. The van der Waals surface area contributed by atoms with Crippen LogP contribution in [-0.4, -0.2) is 17.5 Å². The molecular weight excluding hydrogens is 216 g/mol. The van der Waals surface area contributed by atoms with E-state index in [1.807, 2.05) is 31.2 Å². The molecule has 1 N–H and O–H groups in total. The van der Waals surface area contributed by atoms with Gasteiger partial charge in [0.15, 0.2) is 0 Å². The molecule has 1 amide bonds. The van der Waals surface area contributed by atoms with Crippen LogP contribution in [0.2, 0.25) is 0 Å². The van der Waals surface area contributed by atoms with Gasteiger partial charge in [-0.25, -0.2) is 4.98 Å². The van der Waals surface area contributed by atoms with Crippen LogP contribution in [0.3, 0.4) is 0 Å². The summed E-state index contributed by atoms with van der Waals surface area (Å²) in [4.78, 5) is 15.3. The second-order valence-electron chi connectivity index (χ2n) is 3.67. The molecule has 0 fully saturated rings. The van der Waals surface area contributed by atoms with Gasteiger partial charge in [0, 0.05) is 18.4 Å². The second-order valence-corrected chi connectivity index (χ2v) is 3.67. The highest BCUT2D eigenvalue weighted by atomic mass is 16.5. The Labute approximate surface area is 99.6 Å². The molecule has 0 saturated carbocycles. The molecule has 0 spiro atoms. The summed E-state index contributed by atoms with van der Waals surface area (Å²) in [5, 5.41) is 3.67. The van der Waals surface area contributed by atoms with E-state index in [0.29, 0.717) is 12.4 Å². The fourth-order valence-electron chi connectivity index (χ4n) is 1.60. The van der Waals surface area contributed by atoms with Crippen molar-refractivity contribution in [3.63, 3.8) is 0 Å². The summed E-state index contributed by atoms with van der Waals surface area (Å²) in [6, 6.07) is 9.42. The SMILES string of the molecule is CCOc1ccc2ccc(NC(C)=O)nc2c1. The van der Waals surface area contributed by atoms with E-state index in [1.54, 1.807) is 6.07 Å². The molecule has 4 nitrogen and oxygen atoms in total. The Kier molecular flexibility index (Phi) is 3.23. The molecule has 0 aliphatic heterocycles. The van der Waals surface area contributed by atoms with Gasteiger partial charge in [-0.2, -0.15) is 0 Å². The third kappa shape index (κ3) is 2.72. The van der Waals surface area contributed by atoms with Crippen molar-refractivity contribution in [2.24, 2.45) is 0 Å². The highest BCUT2D eigenvalue weighted by Gasteiger charge is 2.01. The van der Waals surface area contributed by atoms with Crippen molar-refractivity contribution in [3.8, 4) is 5.75 Å². The van der Waals surface area contributed by atoms with Crippen molar-refractivity contribution in [2.75, 3.05) is 11.9 Å². The normalized spacial score (nSPS) is 10.2. The first kappa shape index (κ1) is 11.4. The quantitative estimate of drug-likeness (QED) is 0.881. The maximum Gasteiger partial charge on any atom is 0.222 e. The Morgan fingerprint density at radius 3 is 2.82 bits per heavy atom. The molecule has 0 radical (unpaired) electrons. The number of rotatable bonds is 3. The number of fused-ring (bicyclic) bond motifs is 1. The van der Waals surface area contributed by atoms with Crippen molar-refractivity contribution >= 4 is 22.6 Å². The number of hydrogen-bond acceptors (Lipinski definition) is 3. The van der Waals surface area contributed by atoms with Crippen LogP contribution in [-0.2, 0) is 4.79 Å². The molecule has 17 heavy (non-hydrogen) atoms. The molecule has 2 rings (SSSR count). The van der Waals surface area contributed by atoms with Gasteiger partial charge in [0.2, 0.25) is 5.91 Å². The average molecular weight is 230 g/mol. The van der Waals surface area contributed by atoms with Gasteiger partial charge in [0.25, 0.3) is 0 Å². The van der Waals surface area contributed by atoms with Crippen molar-refractivity contribution in [1.29, 1.82) is 0 Å². The Morgan fingerprint density at radius 2 is 2.12 bits per heavy atom. The number of pyridine rings is 1. The van der Waals surface area contributed by atoms with Crippen LogP contribution in [0.15, 0.2) is 30.3 Å². The van der Waals surface area contributed by atoms with Gasteiger partial charge >= 0.3 is 0 Å². The summed E-state index contributed by atoms with van der Waals surface area (Å²) in [6.07, 6.45) is 0. The molecule has 1 aromatic carbocycles. The Hall–Kier alpha value is -2.10. The minimum atomic E-state index is -0.127. The number of amides is 1. The van der Waals surface area contributed by atoms with Crippen LogP contribution >= 0.6 is 0 Å². The van der Waals surface area contributed by atoms with Crippen molar-refractivity contribution in [1.82, 2.24) is 4.98 Å². The average Bonchev–Trinajstić information content (AvgIpc) is 2.28. The molecule has 0 unspecified atom stereocenters. The Bertz CT molecular complexity index is 552. The van der Waals surface area contributed by atoms with Gasteiger partial charge in [-0.1, -0.05) is 0 Å². The molecule has 0 atom stereocenters. The van der Waals surface area contributed by atoms with E-state index in [9.17, 15) is 4.79 Å². The molecule has 0 saturated heterocycles. The predicted octanol–water partition coefficient (Wildman–Crippen LogP) is 2.59. The lowest BCUT2D eigenvalue weighted by Crippen LogP contribution is -2.07. The molecule has 1 aromatic heterocycles. The largest absolute Gasteiger partial charge is 0.494 e. The van der Waals surface area contributed by atoms with E-state index in [-0.39, 0.29) is 5.91 Å². The highest BCUT2D eigenvalue weighted by Crippen LogP contribution is 2.21. The molecule has 2 aromatic rings. The van der Waals surface area contributed by atoms with Gasteiger partial charge in [0.05, 0.1) is 12.1 Å². The summed E-state index contributed by atoms with van der Waals surface area (Å²) in [7, 11) is 0. The smallest absolute Gasteiger partial charge is 0.222 e. The highest BCUT2D eigenvalue weighted by molar-refractivity contribution is 5.90. The summed E-state index contributed by atoms with van der Waals surface area (Å²) < 4.78 is 5.41. The van der Waals surface area contributed by atoms with Gasteiger partial charge in [0.1, 0.15) is 11.6 Å². The number of aromatic nitrogens is 1. The summed E-state index contributed by atoms with van der Waals surface area (Å²) in [5.74, 6) is 1.21. The molecule has 88 valence electrons. The van der Waals surface area contributed by atoms with Gasteiger partial charge in [-0.05, 0) is 31.2 Å². The summed E-state index contributed by atoms with van der Waals surface area (Å²) >= 11 is 0. The first-order valence-corrected chi connectivity index (χ1v) is 5.50. The number of carbonyl (C=O) groups is 1. The zero-order valence-electron chi connectivity index (χ0n) is 9.86. The maximum absolute atomic E-state index is 10.9. The number of nitrogens with one attached hydrogen (secondary N) is 1. The van der Waals surface area contributed by atoms with Crippen LogP contribution in [0.5, 0.6) is 5.75 Å². The van der Waals surface area contributed by atoms with Crippen LogP contribution in [0.1, 0.15) is 13.8 Å². The standard InChI is InChI=1S/C13H14N2O2/c1-3-17-11-6-4-10-5-7-13(14-9(2)16)15-12(10)8-11/h4-8H,3H2,1-2H3,(H,14,15,16). The first-order valence-electron chi connectivity index (χ1n) is 5.50. The van der Waals surface area contributed by atoms with E-state index in [1.165, 1.54) is 6.92 Å². The number of carbonyl (C=O) groups excluding carboxylic acids is 1. The number of anilines is 1. The van der Waals surface area contributed by atoms with Crippen LogP contribution in [0.4, 0.5) is 5.82 Å². The van der Waals surface area contributed by atoms with Crippen LogP contribution in [0, 0.1) is 0 Å². The molecule has 1 heterocycles. The third-order valence-corrected chi connectivity index (χ3v) is 2.28. The van der Waals surface area contributed by atoms with Gasteiger partial charge in [-0.3, -0.25) is 4.79 Å². The van der Waals surface area contributed by atoms with Crippen LogP contribution < -0.4 is 10.1 Å². The molecule has 0 bridgehead atoms. The summed E-state index contributed by atoms with van der Waals surface area (Å²) in [6.45, 7) is 4.02. The van der Waals surface area contributed by atoms with Crippen molar-refractivity contribution in [2.45, 2.75) is 13.8 Å².